The first-order valence-electron chi connectivity index (χ1n) is 3.21. The lowest BCUT2D eigenvalue weighted by Gasteiger charge is -1.94. The van der Waals surface area contributed by atoms with Crippen molar-refractivity contribution in [1.29, 1.82) is 5.26 Å². The van der Waals surface area contributed by atoms with Crippen LogP contribution in [0.1, 0.15) is 5.56 Å². The number of nitriles is 1. The average Bonchev–Trinajstić information content (AvgIpc) is 2.50. The van der Waals surface area contributed by atoms with E-state index < -0.39 is 0 Å². The first-order valence-corrected chi connectivity index (χ1v) is 3.59. The molecular weight excluding hydrogens is 176 g/mol. The van der Waals surface area contributed by atoms with Crippen molar-refractivity contribution in [3.63, 3.8) is 0 Å². The summed E-state index contributed by atoms with van der Waals surface area (Å²) in [6, 6.07) is 3.48. The molecule has 0 fully saturated rings. The molecule has 0 aromatic carbocycles. The molecule has 0 saturated carbocycles. The summed E-state index contributed by atoms with van der Waals surface area (Å²) in [5.74, 6) is 0. The first-order chi connectivity index (χ1) is 5.81. The van der Waals surface area contributed by atoms with Crippen LogP contribution < -0.4 is 0 Å². The van der Waals surface area contributed by atoms with Crippen molar-refractivity contribution in [2.45, 2.75) is 0 Å². The van der Waals surface area contributed by atoms with Crippen LogP contribution in [0, 0.1) is 11.3 Å². The van der Waals surface area contributed by atoms with E-state index in [2.05, 4.69) is 10.1 Å². The highest BCUT2D eigenvalue weighted by molar-refractivity contribution is 6.29. The molecule has 0 amide bonds. The van der Waals surface area contributed by atoms with E-state index in [0.717, 1.165) is 0 Å². The van der Waals surface area contributed by atoms with Crippen LogP contribution in [0.25, 0.3) is 5.65 Å². The molecule has 2 aromatic rings. The predicted molar refractivity (Wildman–Crippen MR) is 42.7 cm³/mol. The number of nitrogens with zero attached hydrogens (tertiary/aromatic N) is 4. The van der Waals surface area contributed by atoms with Gasteiger partial charge < -0.3 is 0 Å². The second kappa shape index (κ2) is 2.47. The zero-order valence-electron chi connectivity index (χ0n) is 5.90. The molecule has 12 heavy (non-hydrogen) atoms. The van der Waals surface area contributed by atoms with Crippen molar-refractivity contribution < 1.29 is 0 Å². The second-order valence-electron chi connectivity index (χ2n) is 2.19. The zero-order chi connectivity index (χ0) is 8.55. The fraction of sp³-hybridized carbons (Fsp3) is 0. The Kier molecular flexibility index (Phi) is 1.45. The molecule has 0 N–H and O–H groups in total. The van der Waals surface area contributed by atoms with E-state index in [9.17, 15) is 0 Å². The monoisotopic (exact) mass is 178 g/mol. The molecule has 0 spiro atoms. The van der Waals surface area contributed by atoms with E-state index in [1.54, 1.807) is 12.4 Å². The number of halogens is 1. The van der Waals surface area contributed by atoms with Gasteiger partial charge in [-0.1, -0.05) is 11.6 Å². The van der Waals surface area contributed by atoms with Crippen molar-refractivity contribution >= 4 is 17.2 Å². The molecule has 4 nitrogen and oxygen atoms in total. The summed E-state index contributed by atoms with van der Waals surface area (Å²) < 4.78 is 1.47. The van der Waals surface area contributed by atoms with Crippen LogP contribution in [0.3, 0.4) is 0 Å². The Morgan fingerprint density at radius 3 is 3.17 bits per heavy atom. The van der Waals surface area contributed by atoms with Crippen molar-refractivity contribution in [3.05, 3.63) is 29.2 Å². The third-order valence-electron chi connectivity index (χ3n) is 1.45. The lowest BCUT2D eigenvalue weighted by Crippen LogP contribution is -1.93. The quantitative estimate of drug-likeness (QED) is 0.610. The molecule has 2 heterocycles. The molecule has 0 aliphatic heterocycles. The fourth-order valence-electron chi connectivity index (χ4n) is 0.968. The van der Waals surface area contributed by atoms with E-state index in [1.807, 2.05) is 6.07 Å². The van der Waals surface area contributed by atoms with Crippen LogP contribution in [-0.4, -0.2) is 14.6 Å². The number of hydrogen-bond acceptors (Lipinski definition) is 3. The van der Waals surface area contributed by atoms with Gasteiger partial charge in [0.2, 0.25) is 0 Å². The molecule has 0 radical (unpaired) electrons. The molecule has 2 aromatic heterocycles. The molecule has 5 heteroatoms. The largest absolute Gasteiger partial charge is 0.234 e. The highest BCUT2D eigenvalue weighted by Gasteiger charge is 2.03. The molecule has 0 atom stereocenters. The number of hydrogen-bond donors (Lipinski definition) is 0. The van der Waals surface area contributed by atoms with E-state index in [-0.39, 0.29) is 5.15 Å². The van der Waals surface area contributed by atoms with Gasteiger partial charge in [-0.2, -0.15) is 10.4 Å². The van der Waals surface area contributed by atoms with E-state index in [0.29, 0.717) is 11.2 Å². The van der Waals surface area contributed by atoms with Crippen molar-refractivity contribution in [2.75, 3.05) is 0 Å². The molecule has 2 rings (SSSR count). The van der Waals surface area contributed by atoms with E-state index in [4.69, 9.17) is 16.9 Å². The first kappa shape index (κ1) is 7.07. The maximum absolute atomic E-state index is 8.69. The SMILES string of the molecule is N#Cc1cc(Cl)nn2ccnc12. The molecule has 0 saturated heterocycles. The minimum absolute atomic E-state index is 0.289. The summed E-state index contributed by atoms with van der Waals surface area (Å²) in [7, 11) is 0. The molecule has 0 aliphatic rings. The highest BCUT2D eigenvalue weighted by Crippen LogP contribution is 2.11. The van der Waals surface area contributed by atoms with Gasteiger partial charge in [-0.3, -0.25) is 0 Å². The molecule has 58 valence electrons. The van der Waals surface area contributed by atoms with Crippen molar-refractivity contribution in [1.82, 2.24) is 14.6 Å². The Morgan fingerprint density at radius 2 is 2.42 bits per heavy atom. The Morgan fingerprint density at radius 1 is 1.58 bits per heavy atom. The third-order valence-corrected chi connectivity index (χ3v) is 1.63. The third kappa shape index (κ3) is 0.917. The lowest BCUT2D eigenvalue weighted by molar-refractivity contribution is 0.933. The fourth-order valence-corrected chi connectivity index (χ4v) is 1.16. The highest BCUT2D eigenvalue weighted by atomic mass is 35.5. The number of rotatable bonds is 0. The Balaban J connectivity index is 2.91. The van der Waals surface area contributed by atoms with Gasteiger partial charge >= 0.3 is 0 Å². The summed E-state index contributed by atoms with van der Waals surface area (Å²) >= 11 is 5.65. The Hall–Kier alpha value is -1.60. The van der Waals surface area contributed by atoms with Gasteiger partial charge in [0.1, 0.15) is 6.07 Å². The number of fused-ring (bicyclic) bond motifs is 1. The normalized spacial score (nSPS) is 10.0. The Bertz CT molecular complexity index is 468. The second-order valence-corrected chi connectivity index (χ2v) is 2.58. The number of aromatic nitrogens is 3. The van der Waals surface area contributed by atoms with Crippen LogP contribution in [0.4, 0.5) is 0 Å². The van der Waals surface area contributed by atoms with Gasteiger partial charge in [-0.25, -0.2) is 9.50 Å². The zero-order valence-corrected chi connectivity index (χ0v) is 6.65. The van der Waals surface area contributed by atoms with Crippen molar-refractivity contribution in [3.8, 4) is 6.07 Å². The van der Waals surface area contributed by atoms with Crippen molar-refractivity contribution in [2.24, 2.45) is 0 Å². The van der Waals surface area contributed by atoms with Crippen LogP contribution in [0.5, 0.6) is 0 Å². The average molecular weight is 179 g/mol. The topological polar surface area (TPSA) is 54.0 Å². The van der Waals surface area contributed by atoms with Crippen LogP contribution in [0.15, 0.2) is 18.5 Å². The van der Waals surface area contributed by atoms with Crippen LogP contribution in [-0.2, 0) is 0 Å². The van der Waals surface area contributed by atoms with Gasteiger partial charge in [-0.05, 0) is 6.07 Å². The van der Waals surface area contributed by atoms with Gasteiger partial charge in [0.25, 0.3) is 0 Å². The van der Waals surface area contributed by atoms with E-state index in [1.165, 1.54) is 10.6 Å². The minimum atomic E-state index is 0.289. The van der Waals surface area contributed by atoms with Crippen LogP contribution in [0.2, 0.25) is 5.15 Å². The molecule has 0 unspecified atom stereocenters. The molecule has 0 bridgehead atoms. The van der Waals surface area contributed by atoms with Crippen LogP contribution >= 0.6 is 11.6 Å². The summed E-state index contributed by atoms with van der Waals surface area (Å²) in [5.41, 5.74) is 0.960. The standard InChI is InChI=1S/C7H3ClN4/c8-6-3-5(4-9)7-10-1-2-12(7)11-6/h1-3H. The van der Waals surface area contributed by atoms with E-state index >= 15 is 0 Å². The molecular formula is C7H3ClN4. The molecule has 0 aliphatic carbocycles. The maximum Gasteiger partial charge on any atom is 0.171 e. The summed E-state index contributed by atoms with van der Waals surface area (Å²) in [6.07, 6.45) is 3.21. The summed E-state index contributed by atoms with van der Waals surface area (Å²) in [4.78, 5) is 3.95. The van der Waals surface area contributed by atoms with Gasteiger partial charge in [0.15, 0.2) is 10.8 Å². The maximum atomic E-state index is 8.69. The van der Waals surface area contributed by atoms with Gasteiger partial charge in [-0.15, -0.1) is 0 Å². The summed E-state index contributed by atoms with van der Waals surface area (Å²) in [5, 5.41) is 12.9. The minimum Gasteiger partial charge on any atom is -0.234 e. The van der Waals surface area contributed by atoms with Gasteiger partial charge in [0, 0.05) is 12.4 Å². The predicted octanol–water partition coefficient (Wildman–Crippen LogP) is 1.25. The van der Waals surface area contributed by atoms with Gasteiger partial charge in [0.05, 0.1) is 5.56 Å². The Labute approximate surface area is 73.0 Å². The number of imidazole rings is 1. The smallest absolute Gasteiger partial charge is 0.171 e. The summed E-state index contributed by atoms with van der Waals surface area (Å²) in [6.45, 7) is 0. The lowest BCUT2D eigenvalue weighted by atomic mass is 10.3.